The highest BCUT2D eigenvalue weighted by Crippen LogP contribution is 2.22. The van der Waals surface area contributed by atoms with E-state index in [4.69, 9.17) is 0 Å². The summed E-state index contributed by atoms with van der Waals surface area (Å²) in [6.45, 7) is 1.59. The number of hydrogen-bond donors (Lipinski definition) is 2. The molecule has 0 saturated heterocycles. The van der Waals surface area contributed by atoms with Crippen LogP contribution in [0.15, 0.2) is 48.7 Å². The summed E-state index contributed by atoms with van der Waals surface area (Å²) in [6.07, 6.45) is 1.77. The molecule has 2 rings (SSSR count). The van der Waals surface area contributed by atoms with Crippen LogP contribution < -0.4 is 5.32 Å². The van der Waals surface area contributed by atoms with Crippen LogP contribution in [0.5, 0.6) is 0 Å². The third-order valence-corrected chi connectivity index (χ3v) is 3.51. The first-order chi connectivity index (χ1) is 10.0. The zero-order chi connectivity index (χ0) is 15.4. The normalized spacial score (nSPS) is 13.4. The third-order valence-electron chi connectivity index (χ3n) is 3.51. The summed E-state index contributed by atoms with van der Waals surface area (Å²) in [5.41, 5.74) is 1.27. The van der Waals surface area contributed by atoms with Crippen molar-refractivity contribution in [2.75, 3.05) is 0 Å². The fourth-order valence-corrected chi connectivity index (χ4v) is 2.21. The molecule has 2 N–H and O–H groups in total. The van der Waals surface area contributed by atoms with Crippen LogP contribution in [0.3, 0.4) is 0 Å². The van der Waals surface area contributed by atoms with Crippen LogP contribution in [0, 0.1) is 5.92 Å². The second kappa shape index (κ2) is 6.26. The van der Waals surface area contributed by atoms with Gasteiger partial charge in [0.2, 0.25) is 0 Å². The molecule has 0 unspecified atom stereocenters. The Kier molecular flexibility index (Phi) is 4.42. The summed E-state index contributed by atoms with van der Waals surface area (Å²) in [6, 6.07) is 12.0. The summed E-state index contributed by atoms with van der Waals surface area (Å²) in [7, 11) is 1.77. The maximum atomic E-state index is 12.3. The predicted octanol–water partition coefficient (Wildman–Crippen LogP) is 2.22. The maximum absolute atomic E-state index is 12.3. The molecule has 2 aromatic rings. The molecular formula is C16H18N2O3. The summed E-state index contributed by atoms with van der Waals surface area (Å²) < 4.78 is 1.70. The van der Waals surface area contributed by atoms with Crippen LogP contribution in [0.25, 0.3) is 0 Å². The zero-order valence-corrected chi connectivity index (χ0v) is 12.0. The number of aliphatic carboxylic acids is 1. The highest BCUT2D eigenvalue weighted by Gasteiger charge is 2.27. The maximum Gasteiger partial charge on any atom is 0.308 e. The van der Waals surface area contributed by atoms with E-state index < -0.39 is 17.9 Å². The predicted molar refractivity (Wildman–Crippen MR) is 78.9 cm³/mol. The molecule has 2 atom stereocenters. The van der Waals surface area contributed by atoms with Gasteiger partial charge >= 0.3 is 5.97 Å². The van der Waals surface area contributed by atoms with E-state index in [0.29, 0.717) is 5.69 Å². The van der Waals surface area contributed by atoms with Gasteiger partial charge in [0.25, 0.3) is 5.91 Å². The minimum Gasteiger partial charge on any atom is -0.481 e. The average molecular weight is 286 g/mol. The molecule has 0 aliphatic carbocycles. The largest absolute Gasteiger partial charge is 0.481 e. The molecule has 110 valence electrons. The second-order valence-corrected chi connectivity index (χ2v) is 4.99. The van der Waals surface area contributed by atoms with Gasteiger partial charge in [0.1, 0.15) is 5.69 Å². The number of hydrogen-bond acceptors (Lipinski definition) is 2. The van der Waals surface area contributed by atoms with Gasteiger partial charge in [0, 0.05) is 13.2 Å². The van der Waals surface area contributed by atoms with Crippen molar-refractivity contribution in [3.63, 3.8) is 0 Å². The first kappa shape index (κ1) is 14.8. The summed E-state index contributed by atoms with van der Waals surface area (Å²) in [5.74, 6) is -1.96. The number of carbonyl (C=O) groups is 2. The van der Waals surface area contributed by atoms with Crippen LogP contribution in [0.1, 0.15) is 29.0 Å². The monoisotopic (exact) mass is 286 g/mol. The Hall–Kier alpha value is -2.56. The molecule has 1 heterocycles. The molecular weight excluding hydrogens is 268 g/mol. The number of aryl methyl sites for hydroxylation is 1. The van der Waals surface area contributed by atoms with Crippen LogP contribution in [-0.4, -0.2) is 21.6 Å². The molecule has 5 nitrogen and oxygen atoms in total. The number of benzene rings is 1. The lowest BCUT2D eigenvalue weighted by Gasteiger charge is -2.23. The van der Waals surface area contributed by atoms with Gasteiger partial charge in [0.15, 0.2) is 0 Å². The SMILES string of the molecule is C[C@@H](C(=O)O)[C@@H](NC(=O)c1cccn1C)c1ccccc1. The lowest BCUT2D eigenvalue weighted by Crippen LogP contribution is -2.36. The van der Waals surface area contributed by atoms with Crippen LogP contribution in [-0.2, 0) is 11.8 Å². The topological polar surface area (TPSA) is 71.3 Å². The van der Waals surface area contributed by atoms with Gasteiger partial charge in [-0.1, -0.05) is 30.3 Å². The Morgan fingerprint density at radius 1 is 1.14 bits per heavy atom. The van der Waals surface area contributed by atoms with Crippen molar-refractivity contribution in [1.82, 2.24) is 9.88 Å². The molecule has 0 aliphatic rings. The van der Waals surface area contributed by atoms with Crippen LogP contribution >= 0.6 is 0 Å². The van der Waals surface area contributed by atoms with Gasteiger partial charge < -0.3 is 15.0 Å². The van der Waals surface area contributed by atoms with Gasteiger partial charge in [-0.15, -0.1) is 0 Å². The Bertz CT molecular complexity index is 634. The van der Waals surface area contributed by atoms with Gasteiger partial charge in [-0.25, -0.2) is 0 Å². The van der Waals surface area contributed by atoms with E-state index in [9.17, 15) is 14.7 Å². The summed E-state index contributed by atoms with van der Waals surface area (Å²) in [4.78, 5) is 23.6. The molecule has 1 aromatic carbocycles. The minimum atomic E-state index is -0.948. The standard InChI is InChI=1S/C16H18N2O3/c1-11(16(20)21)14(12-7-4-3-5-8-12)17-15(19)13-9-6-10-18(13)2/h3-11,14H,1-2H3,(H,17,19)(H,20,21)/t11-,14-/m1/s1. The number of nitrogens with one attached hydrogen (secondary N) is 1. The fourth-order valence-electron chi connectivity index (χ4n) is 2.21. The third kappa shape index (κ3) is 3.31. The van der Waals surface area contributed by atoms with Crippen molar-refractivity contribution in [3.8, 4) is 0 Å². The number of aromatic nitrogens is 1. The van der Waals surface area contributed by atoms with Gasteiger partial charge in [-0.3, -0.25) is 9.59 Å². The number of amides is 1. The molecule has 5 heteroatoms. The van der Waals surface area contributed by atoms with Crippen molar-refractivity contribution >= 4 is 11.9 Å². The first-order valence-corrected chi connectivity index (χ1v) is 6.70. The Morgan fingerprint density at radius 3 is 2.33 bits per heavy atom. The molecule has 1 amide bonds. The second-order valence-electron chi connectivity index (χ2n) is 4.99. The summed E-state index contributed by atoms with van der Waals surface area (Å²) >= 11 is 0. The lowest BCUT2D eigenvalue weighted by atomic mass is 9.94. The van der Waals surface area contributed by atoms with Gasteiger partial charge in [-0.2, -0.15) is 0 Å². The van der Waals surface area contributed by atoms with E-state index in [1.807, 2.05) is 30.3 Å². The Balaban J connectivity index is 2.27. The van der Waals surface area contributed by atoms with Crippen molar-refractivity contribution in [2.24, 2.45) is 13.0 Å². The van der Waals surface area contributed by atoms with E-state index in [1.54, 1.807) is 36.9 Å². The van der Waals surface area contributed by atoms with E-state index in [1.165, 1.54) is 0 Å². The molecule has 0 fully saturated rings. The van der Waals surface area contributed by atoms with Crippen LogP contribution in [0.4, 0.5) is 0 Å². The first-order valence-electron chi connectivity index (χ1n) is 6.70. The molecule has 1 aromatic heterocycles. The zero-order valence-electron chi connectivity index (χ0n) is 12.0. The van der Waals surface area contributed by atoms with Crippen molar-refractivity contribution in [1.29, 1.82) is 0 Å². The molecule has 0 aliphatic heterocycles. The minimum absolute atomic E-state index is 0.288. The number of rotatable bonds is 5. The smallest absolute Gasteiger partial charge is 0.308 e. The highest BCUT2D eigenvalue weighted by atomic mass is 16.4. The Morgan fingerprint density at radius 2 is 1.81 bits per heavy atom. The Labute approximate surface area is 123 Å². The molecule has 21 heavy (non-hydrogen) atoms. The summed E-state index contributed by atoms with van der Waals surface area (Å²) in [5, 5.41) is 12.1. The highest BCUT2D eigenvalue weighted by molar-refractivity contribution is 5.93. The van der Waals surface area contributed by atoms with E-state index in [2.05, 4.69) is 5.32 Å². The van der Waals surface area contributed by atoms with Gasteiger partial charge in [-0.05, 0) is 24.6 Å². The fraction of sp³-hybridized carbons (Fsp3) is 0.250. The van der Waals surface area contributed by atoms with Gasteiger partial charge in [0.05, 0.1) is 12.0 Å². The number of carboxylic acids is 1. The molecule has 0 radical (unpaired) electrons. The van der Waals surface area contributed by atoms with E-state index in [0.717, 1.165) is 5.56 Å². The molecule has 0 spiro atoms. The quantitative estimate of drug-likeness (QED) is 0.885. The average Bonchev–Trinajstić information content (AvgIpc) is 2.91. The number of nitrogens with zero attached hydrogens (tertiary/aromatic N) is 1. The van der Waals surface area contributed by atoms with E-state index >= 15 is 0 Å². The lowest BCUT2D eigenvalue weighted by molar-refractivity contribution is -0.142. The van der Waals surface area contributed by atoms with Crippen molar-refractivity contribution < 1.29 is 14.7 Å². The molecule has 0 saturated carbocycles. The molecule has 0 bridgehead atoms. The van der Waals surface area contributed by atoms with Crippen molar-refractivity contribution in [3.05, 3.63) is 59.9 Å². The van der Waals surface area contributed by atoms with Crippen LogP contribution in [0.2, 0.25) is 0 Å². The number of carbonyl (C=O) groups excluding carboxylic acids is 1. The van der Waals surface area contributed by atoms with E-state index in [-0.39, 0.29) is 5.91 Å². The van der Waals surface area contributed by atoms with Crippen molar-refractivity contribution in [2.45, 2.75) is 13.0 Å². The number of carboxylic acid groups (broad SMARTS) is 1.